The number of fused-ring (bicyclic) bond motifs is 1. The molecule has 134 valence electrons. The summed E-state index contributed by atoms with van der Waals surface area (Å²) >= 11 is 0. The Kier molecular flexibility index (Phi) is 4.92. The molecule has 2 aromatic rings. The van der Waals surface area contributed by atoms with Crippen LogP contribution in [0.2, 0.25) is 0 Å². The van der Waals surface area contributed by atoms with Gasteiger partial charge in [0.2, 0.25) is 5.89 Å². The summed E-state index contributed by atoms with van der Waals surface area (Å²) in [6.45, 7) is 7.85. The first-order chi connectivity index (χ1) is 12.0. The number of likely N-dealkylation sites (N-methyl/N-ethyl adjacent to an activating group) is 1. The molecule has 0 saturated heterocycles. The van der Waals surface area contributed by atoms with Gasteiger partial charge < -0.3 is 19.6 Å². The molecule has 7 heteroatoms. The van der Waals surface area contributed by atoms with Crippen LogP contribution in [0.4, 0.5) is 10.5 Å². The molecule has 1 aliphatic heterocycles. The van der Waals surface area contributed by atoms with Crippen molar-refractivity contribution in [2.45, 2.75) is 33.4 Å². The van der Waals surface area contributed by atoms with E-state index in [0.717, 1.165) is 12.1 Å². The van der Waals surface area contributed by atoms with Gasteiger partial charge in [0.05, 0.1) is 0 Å². The van der Waals surface area contributed by atoms with Gasteiger partial charge in [-0.25, -0.2) is 4.79 Å². The zero-order chi connectivity index (χ0) is 18.0. The van der Waals surface area contributed by atoms with E-state index < -0.39 is 0 Å². The first kappa shape index (κ1) is 17.3. The van der Waals surface area contributed by atoms with E-state index in [4.69, 9.17) is 4.52 Å². The van der Waals surface area contributed by atoms with Gasteiger partial charge in [-0.3, -0.25) is 0 Å². The number of carbonyl (C=O) groups excluding carboxylic acids is 1. The van der Waals surface area contributed by atoms with Crippen LogP contribution in [0.3, 0.4) is 0 Å². The first-order valence-electron chi connectivity index (χ1n) is 8.60. The van der Waals surface area contributed by atoms with Gasteiger partial charge in [-0.1, -0.05) is 37.2 Å². The van der Waals surface area contributed by atoms with Crippen molar-refractivity contribution in [1.82, 2.24) is 20.4 Å². The molecule has 1 atom stereocenters. The molecular weight excluding hydrogens is 318 g/mol. The maximum atomic E-state index is 12.9. The minimum Gasteiger partial charge on any atom is -0.373 e. The van der Waals surface area contributed by atoms with Crippen molar-refractivity contribution in [3.05, 3.63) is 41.5 Å². The summed E-state index contributed by atoms with van der Waals surface area (Å²) in [7, 11) is 2.05. The minimum absolute atomic E-state index is 0.111. The smallest absolute Gasteiger partial charge is 0.318 e. The molecule has 0 spiro atoms. The summed E-state index contributed by atoms with van der Waals surface area (Å²) in [5.74, 6) is 1.17. The molecule has 2 amide bonds. The number of amides is 2. The van der Waals surface area contributed by atoms with Gasteiger partial charge in [0.25, 0.3) is 0 Å². The van der Waals surface area contributed by atoms with Gasteiger partial charge in [0.1, 0.15) is 6.04 Å². The van der Waals surface area contributed by atoms with Crippen LogP contribution in [0.15, 0.2) is 28.8 Å². The Hall–Kier alpha value is -2.57. The standard InChI is InChI=1S/C18H25N5O2/c1-12(2)16(17-19-13(3)21-25-17)20-18(24)23-10-9-22(4)15-8-6-5-7-14(15)11-23/h5-8,12,16H,9-11H2,1-4H3,(H,20,24)/t16-/m1/s1. The third-order valence-corrected chi connectivity index (χ3v) is 4.51. The van der Waals surface area contributed by atoms with Gasteiger partial charge in [0.15, 0.2) is 5.82 Å². The van der Waals surface area contributed by atoms with E-state index in [-0.39, 0.29) is 18.0 Å². The number of rotatable bonds is 3. The lowest BCUT2D eigenvalue weighted by molar-refractivity contribution is 0.184. The second kappa shape index (κ2) is 7.13. The molecule has 0 aliphatic carbocycles. The zero-order valence-electron chi connectivity index (χ0n) is 15.2. The van der Waals surface area contributed by atoms with Crippen molar-refractivity contribution in [2.75, 3.05) is 25.0 Å². The van der Waals surface area contributed by atoms with Crippen LogP contribution < -0.4 is 10.2 Å². The van der Waals surface area contributed by atoms with Crippen molar-refractivity contribution in [3.63, 3.8) is 0 Å². The molecular formula is C18H25N5O2. The number of nitrogens with zero attached hydrogens (tertiary/aromatic N) is 4. The number of aryl methyl sites for hydroxylation is 1. The van der Waals surface area contributed by atoms with E-state index in [2.05, 4.69) is 39.5 Å². The van der Waals surface area contributed by atoms with Crippen LogP contribution >= 0.6 is 0 Å². The summed E-state index contributed by atoms with van der Waals surface area (Å²) in [4.78, 5) is 21.2. The van der Waals surface area contributed by atoms with E-state index in [1.54, 1.807) is 6.92 Å². The molecule has 7 nitrogen and oxygen atoms in total. The second-order valence-electron chi connectivity index (χ2n) is 6.82. The molecule has 2 heterocycles. The van der Waals surface area contributed by atoms with Gasteiger partial charge in [-0.2, -0.15) is 4.98 Å². The highest BCUT2D eigenvalue weighted by molar-refractivity contribution is 5.75. The molecule has 1 aromatic heterocycles. The van der Waals surface area contributed by atoms with Crippen LogP contribution in [-0.4, -0.2) is 41.2 Å². The van der Waals surface area contributed by atoms with Crippen molar-refractivity contribution in [1.29, 1.82) is 0 Å². The Bertz CT molecular complexity index is 743. The fourth-order valence-corrected chi connectivity index (χ4v) is 3.04. The van der Waals surface area contributed by atoms with E-state index in [1.165, 1.54) is 5.69 Å². The molecule has 0 saturated carbocycles. The van der Waals surface area contributed by atoms with Gasteiger partial charge >= 0.3 is 6.03 Å². The average molecular weight is 343 g/mol. The topological polar surface area (TPSA) is 74.5 Å². The highest BCUT2D eigenvalue weighted by Crippen LogP contribution is 2.25. The molecule has 1 aliphatic rings. The predicted molar refractivity (Wildman–Crippen MR) is 95.3 cm³/mol. The summed E-state index contributed by atoms with van der Waals surface area (Å²) in [6.07, 6.45) is 0. The van der Waals surface area contributed by atoms with E-state index >= 15 is 0 Å². The summed E-state index contributed by atoms with van der Waals surface area (Å²) in [5.41, 5.74) is 2.32. The minimum atomic E-state index is -0.301. The molecule has 1 aromatic carbocycles. The Morgan fingerprint density at radius 3 is 2.72 bits per heavy atom. The van der Waals surface area contributed by atoms with Crippen molar-refractivity contribution in [2.24, 2.45) is 5.92 Å². The van der Waals surface area contributed by atoms with E-state index in [1.807, 2.05) is 30.9 Å². The quantitative estimate of drug-likeness (QED) is 0.927. The van der Waals surface area contributed by atoms with Gasteiger partial charge in [-0.05, 0) is 24.5 Å². The fraction of sp³-hybridized carbons (Fsp3) is 0.500. The number of aromatic nitrogens is 2. The average Bonchev–Trinajstić information content (AvgIpc) is 2.93. The van der Waals surface area contributed by atoms with Crippen LogP contribution in [0.5, 0.6) is 0 Å². The number of urea groups is 1. The van der Waals surface area contributed by atoms with Crippen LogP contribution in [-0.2, 0) is 6.54 Å². The number of para-hydroxylation sites is 1. The number of carbonyl (C=O) groups is 1. The Morgan fingerprint density at radius 2 is 2.04 bits per heavy atom. The van der Waals surface area contributed by atoms with E-state index in [9.17, 15) is 4.79 Å². The number of anilines is 1. The SMILES string of the molecule is Cc1noc([C@H](NC(=O)N2CCN(C)c3ccccc3C2)C(C)C)n1. The molecule has 25 heavy (non-hydrogen) atoms. The fourth-order valence-electron chi connectivity index (χ4n) is 3.04. The highest BCUT2D eigenvalue weighted by Gasteiger charge is 2.28. The lowest BCUT2D eigenvalue weighted by Crippen LogP contribution is -2.44. The van der Waals surface area contributed by atoms with E-state index in [0.29, 0.717) is 24.8 Å². The van der Waals surface area contributed by atoms with Crippen LogP contribution in [0.1, 0.15) is 37.2 Å². The maximum Gasteiger partial charge on any atom is 0.318 e. The zero-order valence-corrected chi connectivity index (χ0v) is 15.2. The van der Waals surface area contributed by atoms with Crippen molar-refractivity contribution in [3.8, 4) is 0 Å². The summed E-state index contributed by atoms with van der Waals surface area (Å²) < 4.78 is 5.27. The number of hydrogen-bond donors (Lipinski definition) is 1. The molecule has 0 unspecified atom stereocenters. The Balaban J connectivity index is 1.76. The lowest BCUT2D eigenvalue weighted by Gasteiger charge is -2.25. The monoisotopic (exact) mass is 343 g/mol. The predicted octanol–water partition coefficient (Wildman–Crippen LogP) is 2.74. The first-order valence-corrected chi connectivity index (χ1v) is 8.60. The number of hydrogen-bond acceptors (Lipinski definition) is 5. The Labute approximate surface area is 148 Å². The third kappa shape index (κ3) is 3.75. The van der Waals surface area contributed by atoms with Gasteiger partial charge in [-0.15, -0.1) is 0 Å². The number of benzene rings is 1. The van der Waals surface area contributed by atoms with Crippen LogP contribution in [0.25, 0.3) is 0 Å². The largest absolute Gasteiger partial charge is 0.373 e. The molecule has 0 bridgehead atoms. The summed E-state index contributed by atoms with van der Waals surface area (Å²) in [6, 6.07) is 7.78. The van der Waals surface area contributed by atoms with Crippen LogP contribution in [0, 0.1) is 12.8 Å². The second-order valence-corrected chi connectivity index (χ2v) is 6.82. The van der Waals surface area contributed by atoms with Crippen molar-refractivity contribution >= 4 is 11.7 Å². The normalized spacial score (nSPS) is 15.7. The molecule has 0 fully saturated rings. The van der Waals surface area contributed by atoms with Gasteiger partial charge in [0, 0.05) is 32.4 Å². The maximum absolute atomic E-state index is 12.9. The molecule has 0 radical (unpaired) electrons. The third-order valence-electron chi connectivity index (χ3n) is 4.51. The molecule has 3 rings (SSSR count). The highest BCUT2D eigenvalue weighted by atomic mass is 16.5. The summed E-state index contributed by atoms with van der Waals surface area (Å²) in [5, 5.41) is 6.90. The molecule has 1 N–H and O–H groups in total. The van der Waals surface area contributed by atoms with Crippen molar-refractivity contribution < 1.29 is 9.32 Å². The number of nitrogens with one attached hydrogen (secondary N) is 1. The Morgan fingerprint density at radius 1 is 1.28 bits per heavy atom. The lowest BCUT2D eigenvalue weighted by atomic mass is 10.0.